The van der Waals surface area contributed by atoms with Crippen LogP contribution in [-0.2, 0) is 22.6 Å². The van der Waals surface area contributed by atoms with Crippen molar-refractivity contribution in [1.82, 2.24) is 14.8 Å². The fourth-order valence-electron chi connectivity index (χ4n) is 2.63. The number of benzene rings is 1. The molecule has 0 amide bonds. The molecule has 1 aromatic heterocycles. The predicted molar refractivity (Wildman–Crippen MR) is 86.6 cm³/mol. The van der Waals surface area contributed by atoms with E-state index in [1.807, 2.05) is 19.1 Å². The Hall–Kier alpha value is -1.73. The molecule has 2 aromatic rings. The minimum atomic E-state index is -3.49. The number of hydrogen-bond donors (Lipinski definition) is 1. The molecule has 124 valence electrons. The van der Waals surface area contributed by atoms with Crippen molar-refractivity contribution < 1.29 is 13.5 Å². The van der Waals surface area contributed by atoms with Crippen molar-refractivity contribution in [2.24, 2.45) is 7.05 Å². The highest BCUT2D eigenvalue weighted by Gasteiger charge is 2.30. The highest BCUT2D eigenvalue weighted by atomic mass is 32.2. The molecule has 6 nitrogen and oxygen atoms in total. The largest absolute Gasteiger partial charge is 0.387 e. The highest BCUT2D eigenvalue weighted by molar-refractivity contribution is 7.90. The molecular formula is C16H21N3O3S. The van der Waals surface area contributed by atoms with Gasteiger partial charge in [0.2, 0.25) is 0 Å². The Morgan fingerprint density at radius 3 is 2.70 bits per heavy atom. The van der Waals surface area contributed by atoms with Crippen LogP contribution in [0.25, 0.3) is 0 Å². The Morgan fingerprint density at radius 2 is 2.04 bits per heavy atom. The zero-order chi connectivity index (χ0) is 16.6. The first-order valence-corrected chi connectivity index (χ1v) is 9.51. The quantitative estimate of drug-likeness (QED) is 0.867. The van der Waals surface area contributed by atoms with E-state index in [9.17, 15) is 13.5 Å². The first-order valence-electron chi connectivity index (χ1n) is 7.69. The summed E-state index contributed by atoms with van der Waals surface area (Å²) in [6, 6.07) is 7.26. The lowest BCUT2D eigenvalue weighted by Gasteiger charge is -2.13. The molecule has 23 heavy (non-hydrogen) atoms. The second kappa shape index (κ2) is 6.05. The Morgan fingerprint density at radius 1 is 1.35 bits per heavy atom. The van der Waals surface area contributed by atoms with E-state index in [2.05, 4.69) is 10.1 Å². The molecule has 7 heteroatoms. The molecule has 0 saturated heterocycles. The molecule has 1 saturated carbocycles. The first kappa shape index (κ1) is 16.1. The van der Waals surface area contributed by atoms with E-state index < -0.39 is 15.9 Å². The van der Waals surface area contributed by atoms with Gasteiger partial charge in [-0.3, -0.25) is 4.68 Å². The van der Waals surface area contributed by atoms with E-state index in [-0.39, 0.29) is 11.5 Å². The molecule has 0 radical (unpaired) electrons. The normalized spacial score (nSPS) is 16.5. The van der Waals surface area contributed by atoms with Crippen LogP contribution in [0, 0.1) is 6.92 Å². The Labute approximate surface area is 136 Å². The van der Waals surface area contributed by atoms with E-state index in [0.29, 0.717) is 17.3 Å². The van der Waals surface area contributed by atoms with Crippen molar-refractivity contribution in [2.45, 2.75) is 37.5 Å². The summed E-state index contributed by atoms with van der Waals surface area (Å²) in [4.78, 5) is 4.35. The van der Waals surface area contributed by atoms with Gasteiger partial charge in [-0.2, -0.15) is 5.10 Å². The van der Waals surface area contributed by atoms with E-state index >= 15 is 0 Å². The zero-order valence-electron chi connectivity index (χ0n) is 13.3. The van der Waals surface area contributed by atoms with Crippen LogP contribution >= 0.6 is 0 Å². The molecule has 3 rings (SSSR count). The summed E-state index contributed by atoms with van der Waals surface area (Å²) in [6.45, 7) is 1.86. The van der Waals surface area contributed by atoms with Crippen LogP contribution in [-0.4, -0.2) is 34.0 Å². The number of aromatic nitrogens is 3. The van der Waals surface area contributed by atoms with E-state index in [1.165, 1.54) is 4.68 Å². The van der Waals surface area contributed by atoms with Crippen LogP contribution in [0.2, 0.25) is 0 Å². The smallest absolute Gasteiger partial charge is 0.160 e. The lowest BCUT2D eigenvalue weighted by atomic mass is 10.1. The first-order chi connectivity index (χ1) is 10.9. The molecule has 0 spiro atoms. The average Bonchev–Trinajstić information content (AvgIpc) is 3.24. The van der Waals surface area contributed by atoms with Gasteiger partial charge in [0.15, 0.2) is 15.7 Å². The van der Waals surface area contributed by atoms with Crippen molar-refractivity contribution in [1.29, 1.82) is 0 Å². The van der Waals surface area contributed by atoms with Gasteiger partial charge in [0.25, 0.3) is 0 Å². The topological polar surface area (TPSA) is 85.1 Å². The van der Waals surface area contributed by atoms with Gasteiger partial charge in [-0.25, -0.2) is 13.4 Å². The summed E-state index contributed by atoms with van der Waals surface area (Å²) in [5.41, 5.74) is 1.53. The molecule has 1 aliphatic carbocycles. The van der Waals surface area contributed by atoms with E-state index in [1.54, 1.807) is 19.2 Å². The third-order valence-corrected chi connectivity index (χ3v) is 5.64. The van der Waals surface area contributed by atoms with Gasteiger partial charge in [0.1, 0.15) is 11.6 Å². The van der Waals surface area contributed by atoms with Crippen molar-refractivity contribution in [2.75, 3.05) is 5.75 Å². The lowest BCUT2D eigenvalue weighted by Crippen LogP contribution is -2.18. The van der Waals surface area contributed by atoms with Gasteiger partial charge in [-0.15, -0.1) is 0 Å². The van der Waals surface area contributed by atoms with Crippen molar-refractivity contribution in [3.63, 3.8) is 0 Å². The molecule has 1 heterocycles. The second-order valence-electron chi connectivity index (χ2n) is 6.21. The number of nitrogens with zero attached hydrogens (tertiary/aromatic N) is 3. The molecular weight excluding hydrogens is 314 g/mol. The number of sulfone groups is 1. The van der Waals surface area contributed by atoms with Gasteiger partial charge < -0.3 is 5.11 Å². The fourth-order valence-corrected chi connectivity index (χ4v) is 4.05. The maximum atomic E-state index is 12.4. The molecule has 1 N–H and O–H groups in total. The summed E-state index contributed by atoms with van der Waals surface area (Å²) < 4.78 is 26.3. The van der Waals surface area contributed by atoms with Crippen molar-refractivity contribution >= 4 is 9.84 Å². The molecule has 1 aliphatic rings. The van der Waals surface area contributed by atoms with Crippen LogP contribution < -0.4 is 0 Å². The zero-order valence-corrected chi connectivity index (χ0v) is 14.1. The van der Waals surface area contributed by atoms with Gasteiger partial charge in [0, 0.05) is 13.0 Å². The van der Waals surface area contributed by atoms with Gasteiger partial charge >= 0.3 is 0 Å². The van der Waals surface area contributed by atoms with Gasteiger partial charge in [-0.05, 0) is 30.9 Å². The predicted octanol–water partition coefficient (Wildman–Crippen LogP) is 1.65. The lowest BCUT2D eigenvalue weighted by molar-refractivity contribution is 0.201. The minimum Gasteiger partial charge on any atom is -0.387 e. The maximum absolute atomic E-state index is 12.4. The van der Waals surface area contributed by atoms with Crippen LogP contribution in [0.1, 0.15) is 47.6 Å². The maximum Gasteiger partial charge on any atom is 0.160 e. The summed E-state index contributed by atoms with van der Waals surface area (Å²) >= 11 is 0. The standard InChI is InChI=1S/C16H21N3O3S/c1-11-5-3-4-6-13(11)14(20)9-23(21,22)10-15-17-16(12-7-8-12)18-19(15)2/h3-6,12,14,20H,7-10H2,1-2H3. The molecule has 0 bridgehead atoms. The van der Waals surface area contributed by atoms with Crippen molar-refractivity contribution in [3.8, 4) is 0 Å². The van der Waals surface area contributed by atoms with E-state index in [4.69, 9.17) is 0 Å². The minimum absolute atomic E-state index is 0.202. The molecule has 1 atom stereocenters. The number of rotatable bonds is 6. The molecule has 1 unspecified atom stereocenters. The monoisotopic (exact) mass is 335 g/mol. The Bertz CT molecular complexity index is 810. The second-order valence-corrected chi connectivity index (χ2v) is 8.32. The third kappa shape index (κ3) is 3.79. The molecule has 1 aromatic carbocycles. The van der Waals surface area contributed by atoms with E-state index in [0.717, 1.165) is 24.2 Å². The summed E-state index contributed by atoms with van der Waals surface area (Å²) in [7, 11) is -1.78. The number of aliphatic hydroxyl groups is 1. The van der Waals surface area contributed by atoms with Crippen LogP contribution in [0.4, 0.5) is 0 Å². The summed E-state index contributed by atoms with van der Waals surface area (Å²) in [5.74, 6) is 1.03. The van der Waals surface area contributed by atoms with Crippen molar-refractivity contribution in [3.05, 3.63) is 47.0 Å². The Kier molecular flexibility index (Phi) is 4.25. The average molecular weight is 335 g/mol. The van der Waals surface area contributed by atoms with Crippen LogP contribution in [0.3, 0.4) is 0 Å². The number of aliphatic hydroxyl groups excluding tert-OH is 1. The summed E-state index contributed by atoms with van der Waals surface area (Å²) in [6.07, 6.45) is 1.11. The summed E-state index contributed by atoms with van der Waals surface area (Å²) in [5, 5.41) is 14.6. The van der Waals surface area contributed by atoms with Gasteiger partial charge in [-0.1, -0.05) is 24.3 Å². The number of aryl methyl sites for hydroxylation is 2. The highest BCUT2D eigenvalue weighted by Crippen LogP contribution is 2.38. The SMILES string of the molecule is Cc1ccccc1C(O)CS(=O)(=O)Cc1nc(C2CC2)nn1C. The third-order valence-electron chi connectivity index (χ3n) is 4.12. The van der Waals surface area contributed by atoms with Gasteiger partial charge in [0.05, 0.1) is 11.9 Å². The fraction of sp³-hybridized carbons (Fsp3) is 0.500. The Balaban J connectivity index is 1.73. The molecule has 0 aliphatic heterocycles. The molecule has 1 fully saturated rings. The van der Waals surface area contributed by atoms with Crippen LogP contribution in [0.15, 0.2) is 24.3 Å². The number of hydrogen-bond acceptors (Lipinski definition) is 5. The van der Waals surface area contributed by atoms with Crippen LogP contribution in [0.5, 0.6) is 0 Å².